The Hall–Kier alpha value is -2.40. The van der Waals surface area contributed by atoms with Crippen molar-refractivity contribution in [3.05, 3.63) is 59.7 Å². The SMILES string of the molecule is CCCCCC#CC1c2ccccc2CCN1c1ccc(OC)cc1. The molecule has 0 fully saturated rings. The second-order valence-electron chi connectivity index (χ2n) is 6.52. The van der Waals surface area contributed by atoms with Crippen molar-refractivity contribution < 1.29 is 4.74 Å². The average Bonchev–Trinajstić information content (AvgIpc) is 2.68. The fourth-order valence-corrected chi connectivity index (χ4v) is 3.41. The Bertz CT molecular complexity index is 739. The first-order chi connectivity index (χ1) is 12.3. The first-order valence-electron chi connectivity index (χ1n) is 9.30. The van der Waals surface area contributed by atoms with Crippen LogP contribution in [0.4, 0.5) is 5.69 Å². The van der Waals surface area contributed by atoms with E-state index in [9.17, 15) is 0 Å². The highest BCUT2D eigenvalue weighted by Gasteiger charge is 2.25. The molecule has 0 radical (unpaired) electrons. The Morgan fingerprint density at radius 2 is 1.88 bits per heavy atom. The molecule has 0 spiro atoms. The minimum atomic E-state index is 0.139. The fourth-order valence-electron chi connectivity index (χ4n) is 3.41. The summed E-state index contributed by atoms with van der Waals surface area (Å²) in [5.74, 6) is 7.89. The van der Waals surface area contributed by atoms with Gasteiger partial charge in [0.25, 0.3) is 0 Å². The number of anilines is 1. The number of fused-ring (bicyclic) bond motifs is 1. The Morgan fingerprint density at radius 3 is 2.64 bits per heavy atom. The van der Waals surface area contributed by atoms with Crippen LogP contribution in [0.2, 0.25) is 0 Å². The summed E-state index contributed by atoms with van der Waals surface area (Å²) in [6.07, 6.45) is 5.75. The van der Waals surface area contributed by atoms with Crippen LogP contribution in [-0.2, 0) is 6.42 Å². The maximum Gasteiger partial charge on any atom is 0.119 e. The summed E-state index contributed by atoms with van der Waals surface area (Å²) in [6, 6.07) is 17.2. The zero-order chi connectivity index (χ0) is 17.5. The predicted molar refractivity (Wildman–Crippen MR) is 105 cm³/mol. The van der Waals surface area contributed by atoms with Crippen LogP contribution in [0.25, 0.3) is 0 Å². The zero-order valence-corrected chi connectivity index (χ0v) is 15.3. The van der Waals surface area contributed by atoms with E-state index in [1.54, 1.807) is 7.11 Å². The minimum absolute atomic E-state index is 0.139. The van der Waals surface area contributed by atoms with Gasteiger partial charge in [0.1, 0.15) is 11.8 Å². The second-order valence-corrected chi connectivity index (χ2v) is 6.52. The third kappa shape index (κ3) is 4.17. The molecular formula is C23H27NO. The maximum absolute atomic E-state index is 5.30. The summed E-state index contributed by atoms with van der Waals surface area (Å²) >= 11 is 0. The molecule has 0 saturated carbocycles. The van der Waals surface area contributed by atoms with Gasteiger partial charge in [-0.05, 0) is 48.2 Å². The minimum Gasteiger partial charge on any atom is -0.497 e. The molecule has 0 saturated heterocycles. The molecule has 1 aliphatic rings. The van der Waals surface area contributed by atoms with E-state index in [0.717, 1.165) is 25.1 Å². The summed E-state index contributed by atoms with van der Waals surface area (Å²) in [6.45, 7) is 3.23. The topological polar surface area (TPSA) is 12.5 Å². The molecule has 0 N–H and O–H groups in total. The lowest BCUT2D eigenvalue weighted by molar-refractivity contribution is 0.415. The molecular weight excluding hydrogens is 306 g/mol. The Kier molecular flexibility index (Phi) is 6.01. The van der Waals surface area contributed by atoms with E-state index in [-0.39, 0.29) is 6.04 Å². The number of hydrogen-bond acceptors (Lipinski definition) is 2. The van der Waals surface area contributed by atoms with Gasteiger partial charge in [0, 0.05) is 18.7 Å². The van der Waals surface area contributed by atoms with Crippen molar-refractivity contribution >= 4 is 5.69 Å². The molecule has 130 valence electrons. The standard InChI is InChI=1S/C23H27NO/c1-3-4-5-6-7-12-23-22-11-9-8-10-19(22)17-18-24(23)20-13-15-21(25-2)16-14-20/h8-11,13-16,23H,3-6,17-18H2,1-2H3. The molecule has 1 aliphatic heterocycles. The summed E-state index contributed by atoms with van der Waals surface area (Å²) in [4.78, 5) is 2.43. The van der Waals surface area contributed by atoms with Crippen LogP contribution in [-0.4, -0.2) is 13.7 Å². The van der Waals surface area contributed by atoms with E-state index in [1.807, 2.05) is 12.1 Å². The molecule has 0 aromatic heterocycles. The Labute approximate surface area is 151 Å². The van der Waals surface area contributed by atoms with Crippen LogP contribution in [0.5, 0.6) is 5.75 Å². The highest BCUT2D eigenvalue weighted by atomic mass is 16.5. The first kappa shape index (κ1) is 17.4. The Balaban J connectivity index is 1.87. The van der Waals surface area contributed by atoms with Gasteiger partial charge >= 0.3 is 0 Å². The van der Waals surface area contributed by atoms with E-state index in [4.69, 9.17) is 4.74 Å². The van der Waals surface area contributed by atoms with Crippen LogP contribution in [0, 0.1) is 11.8 Å². The van der Waals surface area contributed by atoms with Crippen molar-refractivity contribution in [3.8, 4) is 17.6 Å². The number of unbranched alkanes of at least 4 members (excludes halogenated alkanes) is 3. The van der Waals surface area contributed by atoms with Crippen molar-refractivity contribution in [3.63, 3.8) is 0 Å². The molecule has 2 aromatic carbocycles. The van der Waals surface area contributed by atoms with Gasteiger partial charge in [-0.25, -0.2) is 0 Å². The maximum atomic E-state index is 5.30. The van der Waals surface area contributed by atoms with Gasteiger partial charge in [-0.15, -0.1) is 5.92 Å². The lowest BCUT2D eigenvalue weighted by Crippen LogP contribution is -2.34. The number of rotatable bonds is 5. The number of benzene rings is 2. The van der Waals surface area contributed by atoms with Gasteiger partial charge in [-0.1, -0.05) is 50.0 Å². The molecule has 25 heavy (non-hydrogen) atoms. The largest absolute Gasteiger partial charge is 0.497 e. The Morgan fingerprint density at radius 1 is 1.08 bits per heavy atom. The van der Waals surface area contributed by atoms with Crippen LogP contribution in [0.15, 0.2) is 48.5 Å². The van der Waals surface area contributed by atoms with Gasteiger partial charge in [0.15, 0.2) is 0 Å². The van der Waals surface area contributed by atoms with Gasteiger partial charge < -0.3 is 9.64 Å². The number of nitrogens with zero attached hydrogens (tertiary/aromatic N) is 1. The lowest BCUT2D eigenvalue weighted by Gasteiger charge is -2.36. The highest BCUT2D eigenvalue weighted by Crippen LogP contribution is 2.34. The number of methoxy groups -OCH3 is 1. The molecule has 2 heteroatoms. The van der Waals surface area contributed by atoms with Crippen LogP contribution in [0.1, 0.15) is 49.8 Å². The molecule has 3 rings (SSSR count). The number of hydrogen-bond donors (Lipinski definition) is 0. The van der Waals surface area contributed by atoms with E-state index in [1.165, 1.54) is 36.1 Å². The normalized spacial score (nSPS) is 15.9. The summed E-state index contributed by atoms with van der Waals surface area (Å²) < 4.78 is 5.30. The first-order valence-corrected chi connectivity index (χ1v) is 9.30. The van der Waals surface area contributed by atoms with Crippen LogP contribution in [0.3, 0.4) is 0 Å². The molecule has 0 amide bonds. The van der Waals surface area contributed by atoms with Crippen LogP contribution < -0.4 is 9.64 Å². The smallest absolute Gasteiger partial charge is 0.119 e. The second kappa shape index (κ2) is 8.62. The van der Waals surface area contributed by atoms with Crippen molar-refractivity contribution in [1.29, 1.82) is 0 Å². The molecule has 0 aliphatic carbocycles. The van der Waals surface area contributed by atoms with Gasteiger partial charge in [-0.3, -0.25) is 0 Å². The zero-order valence-electron chi connectivity index (χ0n) is 15.3. The fraction of sp³-hybridized carbons (Fsp3) is 0.391. The van der Waals surface area contributed by atoms with Crippen molar-refractivity contribution in [2.24, 2.45) is 0 Å². The van der Waals surface area contributed by atoms with Crippen LogP contribution >= 0.6 is 0 Å². The lowest BCUT2D eigenvalue weighted by atomic mass is 9.92. The number of ether oxygens (including phenoxy) is 1. The van der Waals surface area contributed by atoms with E-state index < -0.39 is 0 Å². The third-order valence-corrected chi connectivity index (χ3v) is 4.83. The highest BCUT2D eigenvalue weighted by molar-refractivity contribution is 5.56. The van der Waals surface area contributed by atoms with Crippen molar-refractivity contribution in [2.75, 3.05) is 18.6 Å². The molecule has 1 atom stereocenters. The van der Waals surface area contributed by atoms with E-state index in [2.05, 4.69) is 60.1 Å². The van der Waals surface area contributed by atoms with E-state index >= 15 is 0 Å². The molecule has 2 nitrogen and oxygen atoms in total. The molecule has 2 aromatic rings. The predicted octanol–water partition coefficient (Wildman–Crippen LogP) is 5.38. The van der Waals surface area contributed by atoms with Crippen molar-refractivity contribution in [2.45, 2.75) is 45.1 Å². The van der Waals surface area contributed by atoms with Gasteiger partial charge in [0.05, 0.1) is 7.11 Å². The summed E-state index contributed by atoms with van der Waals surface area (Å²) in [5, 5.41) is 0. The van der Waals surface area contributed by atoms with Gasteiger partial charge in [0.2, 0.25) is 0 Å². The van der Waals surface area contributed by atoms with E-state index in [0.29, 0.717) is 0 Å². The summed E-state index contributed by atoms with van der Waals surface area (Å²) in [7, 11) is 1.71. The molecule has 1 heterocycles. The van der Waals surface area contributed by atoms with Gasteiger partial charge in [-0.2, -0.15) is 0 Å². The monoisotopic (exact) mass is 333 g/mol. The molecule has 0 bridgehead atoms. The third-order valence-electron chi connectivity index (χ3n) is 4.83. The average molecular weight is 333 g/mol. The quantitative estimate of drug-likeness (QED) is 0.538. The summed E-state index contributed by atoms with van der Waals surface area (Å²) in [5.41, 5.74) is 4.00. The van der Waals surface area contributed by atoms with Crippen molar-refractivity contribution in [1.82, 2.24) is 0 Å². The molecule has 1 unspecified atom stereocenters.